The van der Waals surface area contributed by atoms with Crippen molar-refractivity contribution in [3.05, 3.63) is 0 Å². The van der Waals surface area contributed by atoms with Crippen LogP contribution in [0.15, 0.2) is 0 Å². The van der Waals surface area contributed by atoms with E-state index in [1.807, 2.05) is 0 Å². The van der Waals surface area contributed by atoms with Gasteiger partial charge in [-0.15, -0.1) is 0 Å². The maximum absolute atomic E-state index is 10.3. The van der Waals surface area contributed by atoms with E-state index in [1.54, 1.807) is 0 Å². The SMILES string of the molecule is O=P(O)(O)CCC1CNC1. The molecule has 1 aliphatic heterocycles. The highest BCUT2D eigenvalue weighted by molar-refractivity contribution is 7.51. The van der Waals surface area contributed by atoms with Crippen molar-refractivity contribution in [2.75, 3.05) is 19.3 Å². The lowest BCUT2D eigenvalue weighted by molar-refractivity contribution is 0.322. The summed E-state index contributed by atoms with van der Waals surface area (Å²) in [5.41, 5.74) is 0. The molecule has 1 fully saturated rings. The summed E-state index contributed by atoms with van der Waals surface area (Å²) in [7, 11) is -3.73. The fourth-order valence-corrected chi connectivity index (χ4v) is 1.60. The summed E-state index contributed by atoms with van der Waals surface area (Å²) in [5, 5.41) is 3.04. The Morgan fingerprint density at radius 3 is 2.40 bits per heavy atom. The highest BCUT2D eigenvalue weighted by atomic mass is 31.2. The minimum absolute atomic E-state index is 0.0410. The first-order valence-electron chi connectivity index (χ1n) is 3.33. The van der Waals surface area contributed by atoms with Crippen molar-refractivity contribution in [1.82, 2.24) is 5.32 Å². The number of nitrogens with one attached hydrogen (secondary N) is 1. The van der Waals surface area contributed by atoms with E-state index in [9.17, 15) is 4.57 Å². The average Bonchev–Trinajstić information content (AvgIpc) is 1.56. The molecule has 4 nitrogen and oxygen atoms in total. The predicted octanol–water partition coefficient (Wildman–Crippen LogP) is -0.226. The Morgan fingerprint density at radius 2 is 2.10 bits per heavy atom. The Bertz CT molecular complexity index is 151. The van der Waals surface area contributed by atoms with Gasteiger partial charge in [0.25, 0.3) is 0 Å². The van der Waals surface area contributed by atoms with Gasteiger partial charge in [0.1, 0.15) is 0 Å². The number of hydrogen-bond acceptors (Lipinski definition) is 2. The standard InChI is InChI=1S/C5H12NO3P/c7-10(8,9)2-1-5-3-6-4-5/h5-6H,1-4H2,(H2,7,8,9). The van der Waals surface area contributed by atoms with Crippen LogP contribution in [0.25, 0.3) is 0 Å². The third kappa shape index (κ3) is 2.80. The van der Waals surface area contributed by atoms with Crippen molar-refractivity contribution in [2.45, 2.75) is 6.42 Å². The van der Waals surface area contributed by atoms with E-state index >= 15 is 0 Å². The summed E-state index contributed by atoms with van der Waals surface area (Å²) in [5.74, 6) is 0.493. The van der Waals surface area contributed by atoms with Crippen LogP contribution < -0.4 is 5.32 Å². The van der Waals surface area contributed by atoms with Crippen LogP contribution in [0.1, 0.15) is 6.42 Å². The Balaban J connectivity index is 2.10. The van der Waals surface area contributed by atoms with Crippen LogP contribution in [0.3, 0.4) is 0 Å². The van der Waals surface area contributed by atoms with E-state index in [1.165, 1.54) is 0 Å². The normalized spacial score (nSPS) is 20.6. The summed E-state index contributed by atoms with van der Waals surface area (Å²) in [6, 6.07) is 0. The molecule has 0 radical (unpaired) electrons. The second-order valence-corrected chi connectivity index (χ2v) is 4.48. The van der Waals surface area contributed by atoms with Gasteiger partial charge in [-0.1, -0.05) is 0 Å². The van der Waals surface area contributed by atoms with Gasteiger partial charge >= 0.3 is 7.60 Å². The minimum atomic E-state index is -3.73. The molecule has 0 bridgehead atoms. The maximum Gasteiger partial charge on any atom is 0.325 e. The van der Waals surface area contributed by atoms with E-state index in [0.717, 1.165) is 13.1 Å². The molecule has 1 heterocycles. The Kier molecular flexibility index (Phi) is 2.47. The molecular formula is C5H12NO3P. The van der Waals surface area contributed by atoms with E-state index in [-0.39, 0.29) is 6.16 Å². The van der Waals surface area contributed by atoms with Crippen molar-refractivity contribution in [2.24, 2.45) is 5.92 Å². The van der Waals surface area contributed by atoms with Crippen LogP contribution in [-0.4, -0.2) is 29.0 Å². The van der Waals surface area contributed by atoms with Crippen LogP contribution >= 0.6 is 7.60 Å². The highest BCUT2D eigenvalue weighted by Crippen LogP contribution is 2.36. The molecule has 1 rings (SSSR count). The first kappa shape index (κ1) is 8.21. The molecule has 5 heteroatoms. The second kappa shape index (κ2) is 3.01. The van der Waals surface area contributed by atoms with Crippen LogP contribution in [0, 0.1) is 5.92 Å². The molecular weight excluding hydrogens is 153 g/mol. The smallest absolute Gasteiger partial charge is 0.324 e. The third-order valence-corrected chi connectivity index (χ3v) is 2.54. The topological polar surface area (TPSA) is 69.6 Å². The highest BCUT2D eigenvalue weighted by Gasteiger charge is 2.21. The quantitative estimate of drug-likeness (QED) is 0.505. The fraction of sp³-hybridized carbons (Fsp3) is 1.00. The second-order valence-electron chi connectivity index (χ2n) is 2.70. The summed E-state index contributed by atoms with van der Waals surface area (Å²) >= 11 is 0. The van der Waals surface area contributed by atoms with Crippen LogP contribution in [-0.2, 0) is 4.57 Å². The average molecular weight is 165 g/mol. The molecule has 0 spiro atoms. The predicted molar refractivity (Wildman–Crippen MR) is 37.9 cm³/mol. The van der Waals surface area contributed by atoms with Gasteiger partial charge in [0.05, 0.1) is 6.16 Å². The Hall–Kier alpha value is 0.110. The molecule has 0 unspecified atom stereocenters. The van der Waals surface area contributed by atoms with Gasteiger partial charge in [0.2, 0.25) is 0 Å². The number of rotatable bonds is 3. The lowest BCUT2D eigenvalue weighted by atomic mass is 10.0. The molecule has 0 aromatic heterocycles. The van der Waals surface area contributed by atoms with E-state index < -0.39 is 7.60 Å². The van der Waals surface area contributed by atoms with Gasteiger partial charge in [-0.2, -0.15) is 0 Å². The van der Waals surface area contributed by atoms with Crippen molar-refractivity contribution in [1.29, 1.82) is 0 Å². The molecule has 60 valence electrons. The zero-order valence-corrected chi connectivity index (χ0v) is 6.55. The van der Waals surface area contributed by atoms with Gasteiger partial charge < -0.3 is 15.1 Å². The zero-order valence-electron chi connectivity index (χ0n) is 5.66. The van der Waals surface area contributed by atoms with Crippen molar-refractivity contribution >= 4 is 7.60 Å². The molecule has 1 aliphatic rings. The summed E-state index contributed by atoms with van der Waals surface area (Å²) in [6.07, 6.45) is 0.691. The Morgan fingerprint density at radius 1 is 1.50 bits per heavy atom. The molecule has 0 amide bonds. The van der Waals surface area contributed by atoms with Crippen LogP contribution in [0.2, 0.25) is 0 Å². The van der Waals surface area contributed by atoms with Crippen molar-refractivity contribution in [3.8, 4) is 0 Å². The first-order valence-corrected chi connectivity index (χ1v) is 5.13. The lowest BCUT2D eigenvalue weighted by Gasteiger charge is -2.26. The summed E-state index contributed by atoms with van der Waals surface area (Å²) in [4.78, 5) is 17.0. The van der Waals surface area contributed by atoms with Crippen molar-refractivity contribution < 1.29 is 14.4 Å². The van der Waals surface area contributed by atoms with E-state index in [2.05, 4.69) is 5.32 Å². The molecule has 0 aromatic carbocycles. The van der Waals surface area contributed by atoms with Crippen molar-refractivity contribution in [3.63, 3.8) is 0 Å². The molecule has 3 N–H and O–H groups in total. The molecule has 1 saturated heterocycles. The Labute approximate surface area is 59.8 Å². The number of hydrogen-bond donors (Lipinski definition) is 3. The van der Waals surface area contributed by atoms with E-state index in [0.29, 0.717) is 12.3 Å². The largest absolute Gasteiger partial charge is 0.325 e. The summed E-state index contributed by atoms with van der Waals surface area (Å²) < 4.78 is 10.3. The lowest BCUT2D eigenvalue weighted by Crippen LogP contribution is -2.42. The molecule has 0 saturated carbocycles. The van der Waals surface area contributed by atoms with Gasteiger partial charge in [0, 0.05) is 0 Å². The monoisotopic (exact) mass is 165 g/mol. The van der Waals surface area contributed by atoms with Gasteiger partial charge in [-0.05, 0) is 25.4 Å². The molecule has 0 aromatic rings. The van der Waals surface area contributed by atoms with Crippen LogP contribution in [0.4, 0.5) is 0 Å². The molecule has 0 atom stereocenters. The fourth-order valence-electron chi connectivity index (χ4n) is 0.903. The van der Waals surface area contributed by atoms with Crippen LogP contribution in [0.5, 0.6) is 0 Å². The summed E-state index contributed by atoms with van der Waals surface area (Å²) in [6.45, 7) is 1.83. The van der Waals surface area contributed by atoms with Gasteiger partial charge in [-0.25, -0.2) is 0 Å². The maximum atomic E-state index is 10.3. The zero-order chi connectivity index (χ0) is 7.61. The van der Waals surface area contributed by atoms with E-state index in [4.69, 9.17) is 9.79 Å². The third-order valence-electron chi connectivity index (χ3n) is 1.69. The molecule has 0 aliphatic carbocycles. The van der Waals surface area contributed by atoms with Gasteiger partial charge in [-0.3, -0.25) is 4.57 Å². The minimum Gasteiger partial charge on any atom is -0.324 e. The molecule has 10 heavy (non-hydrogen) atoms. The van der Waals surface area contributed by atoms with Gasteiger partial charge in [0.15, 0.2) is 0 Å². The first-order chi connectivity index (χ1) is 4.58.